The summed E-state index contributed by atoms with van der Waals surface area (Å²) in [7, 11) is 0. The van der Waals surface area contributed by atoms with Crippen LogP contribution in [0.5, 0.6) is 5.75 Å². The lowest BCUT2D eigenvalue weighted by Crippen LogP contribution is -2.11. The van der Waals surface area contributed by atoms with Gasteiger partial charge in [-0.3, -0.25) is 14.7 Å². The van der Waals surface area contributed by atoms with Gasteiger partial charge in [-0.1, -0.05) is 42.1 Å². The van der Waals surface area contributed by atoms with Crippen LogP contribution in [0.25, 0.3) is 5.69 Å². The van der Waals surface area contributed by atoms with E-state index in [0.29, 0.717) is 23.3 Å². The van der Waals surface area contributed by atoms with Gasteiger partial charge in [-0.15, -0.1) is 10.2 Å². The maximum Gasteiger partial charge on any atom is 0.220 e. The molecule has 0 unspecified atom stereocenters. The molecule has 3 aromatic carbocycles. The van der Waals surface area contributed by atoms with Gasteiger partial charge >= 0.3 is 0 Å². The van der Waals surface area contributed by atoms with Crippen molar-refractivity contribution in [2.75, 3.05) is 6.54 Å². The molecule has 0 aliphatic rings. The maximum atomic E-state index is 13.1. The first kappa shape index (κ1) is 24.4. The van der Waals surface area contributed by atoms with E-state index in [-0.39, 0.29) is 17.3 Å². The molecule has 9 heteroatoms. The summed E-state index contributed by atoms with van der Waals surface area (Å²) in [5.74, 6) is 1.04. The Labute approximate surface area is 207 Å². The summed E-state index contributed by atoms with van der Waals surface area (Å²) in [5.41, 5.74) is 4.88. The number of halogens is 1. The van der Waals surface area contributed by atoms with Crippen LogP contribution in [0.3, 0.4) is 0 Å². The number of rotatable bonds is 9. The molecule has 0 saturated heterocycles. The van der Waals surface area contributed by atoms with Crippen molar-refractivity contribution >= 4 is 11.8 Å². The molecule has 0 spiro atoms. The van der Waals surface area contributed by atoms with Crippen LogP contribution in [0, 0.1) is 36.7 Å². The molecular formula is C26H25FN4O3S. The molecule has 1 heterocycles. The number of hydrogen-bond acceptors (Lipinski definition) is 6. The lowest BCUT2D eigenvalue weighted by molar-refractivity contribution is -0.479. The van der Waals surface area contributed by atoms with E-state index in [9.17, 15) is 14.5 Å². The Kier molecular flexibility index (Phi) is 7.45. The van der Waals surface area contributed by atoms with Crippen LogP contribution < -0.4 is 4.74 Å². The Morgan fingerprint density at radius 1 is 1.00 bits per heavy atom. The average molecular weight is 493 g/mol. The predicted octanol–water partition coefficient (Wildman–Crippen LogP) is 6.02. The Bertz CT molecular complexity index is 1320. The zero-order valence-electron chi connectivity index (χ0n) is 19.6. The second-order valence-corrected chi connectivity index (χ2v) is 9.41. The summed E-state index contributed by atoms with van der Waals surface area (Å²) in [6.07, 6.45) is 0. The summed E-state index contributed by atoms with van der Waals surface area (Å²) in [6, 6.07) is 19.4. The van der Waals surface area contributed by atoms with Crippen molar-refractivity contribution in [1.29, 1.82) is 0 Å². The van der Waals surface area contributed by atoms with Gasteiger partial charge in [0.2, 0.25) is 6.54 Å². The summed E-state index contributed by atoms with van der Waals surface area (Å²) < 4.78 is 20.8. The lowest BCUT2D eigenvalue weighted by Gasteiger charge is -2.15. The molecule has 4 rings (SSSR count). The van der Waals surface area contributed by atoms with Gasteiger partial charge in [0, 0.05) is 10.6 Å². The quantitative estimate of drug-likeness (QED) is 0.161. The summed E-state index contributed by atoms with van der Waals surface area (Å²) >= 11 is 1.31. The van der Waals surface area contributed by atoms with E-state index in [2.05, 4.69) is 16.3 Å². The fourth-order valence-electron chi connectivity index (χ4n) is 3.58. The van der Waals surface area contributed by atoms with E-state index in [1.807, 2.05) is 49.6 Å². The molecule has 1 aromatic heterocycles. The highest BCUT2D eigenvalue weighted by molar-refractivity contribution is 7.99. The van der Waals surface area contributed by atoms with Crippen LogP contribution in [0.2, 0.25) is 0 Å². The molecule has 35 heavy (non-hydrogen) atoms. The highest BCUT2D eigenvalue weighted by atomic mass is 32.2. The van der Waals surface area contributed by atoms with Crippen molar-refractivity contribution in [3.05, 3.63) is 111 Å². The number of ether oxygens (including phenoxy) is 1. The van der Waals surface area contributed by atoms with Crippen molar-refractivity contribution in [1.82, 2.24) is 14.8 Å². The Balaban J connectivity index is 1.54. The lowest BCUT2D eigenvalue weighted by atomic mass is 10.1. The first-order valence-electron chi connectivity index (χ1n) is 11.1. The minimum Gasteiger partial charge on any atom is -0.489 e. The van der Waals surface area contributed by atoms with Crippen molar-refractivity contribution in [2.45, 2.75) is 37.8 Å². The number of hydrogen-bond donors (Lipinski definition) is 0. The third-order valence-electron chi connectivity index (χ3n) is 5.68. The van der Waals surface area contributed by atoms with Crippen LogP contribution in [-0.2, 0) is 6.61 Å². The molecule has 0 aliphatic carbocycles. The summed E-state index contributed by atoms with van der Waals surface area (Å²) in [6.45, 7) is 5.99. The second kappa shape index (κ2) is 10.7. The first-order chi connectivity index (χ1) is 16.8. The van der Waals surface area contributed by atoms with Crippen LogP contribution >= 0.6 is 11.8 Å². The topological polar surface area (TPSA) is 83.1 Å². The van der Waals surface area contributed by atoms with Gasteiger partial charge in [0.1, 0.15) is 29.2 Å². The van der Waals surface area contributed by atoms with Gasteiger partial charge in [-0.2, -0.15) is 0 Å². The van der Waals surface area contributed by atoms with Crippen molar-refractivity contribution in [3.63, 3.8) is 0 Å². The van der Waals surface area contributed by atoms with Crippen molar-refractivity contribution in [2.24, 2.45) is 0 Å². The van der Waals surface area contributed by atoms with E-state index >= 15 is 0 Å². The second-order valence-electron chi connectivity index (χ2n) is 8.24. The standard InChI is InChI=1S/C26H25FN4O3S/c1-17-4-11-23(14-18(17)2)31-19(3)28-29-26(31)35-25(15-30(32)33)21-7-12-24(13-8-21)34-16-20-5-9-22(27)10-6-20/h4-14,25H,15-16H2,1-3H3/t25-/m1/s1. The molecule has 180 valence electrons. The third-order valence-corrected chi connectivity index (χ3v) is 6.86. The minimum atomic E-state index is -0.468. The van der Waals surface area contributed by atoms with Crippen LogP contribution in [0.1, 0.15) is 33.3 Å². The Hall–Kier alpha value is -3.72. The number of nitro groups is 1. The Morgan fingerprint density at radius 2 is 1.71 bits per heavy atom. The fourth-order valence-corrected chi connectivity index (χ4v) is 4.76. The minimum absolute atomic E-state index is 0.265. The smallest absolute Gasteiger partial charge is 0.220 e. The maximum absolute atomic E-state index is 13.1. The largest absolute Gasteiger partial charge is 0.489 e. The van der Waals surface area contributed by atoms with Gasteiger partial charge in [0.25, 0.3) is 0 Å². The van der Waals surface area contributed by atoms with E-state index in [1.54, 1.807) is 24.3 Å². The molecule has 7 nitrogen and oxygen atoms in total. The highest BCUT2D eigenvalue weighted by Gasteiger charge is 2.24. The van der Waals surface area contributed by atoms with Gasteiger partial charge in [0.05, 0.1) is 0 Å². The van der Waals surface area contributed by atoms with E-state index in [4.69, 9.17) is 4.74 Å². The normalized spacial score (nSPS) is 11.9. The number of nitrogens with zero attached hydrogens (tertiary/aromatic N) is 4. The molecule has 4 aromatic rings. The van der Waals surface area contributed by atoms with Gasteiger partial charge in [-0.25, -0.2) is 4.39 Å². The number of aryl methyl sites for hydroxylation is 3. The molecule has 1 atom stereocenters. The molecule has 0 radical (unpaired) electrons. The number of benzene rings is 3. The van der Waals surface area contributed by atoms with Crippen LogP contribution in [0.4, 0.5) is 4.39 Å². The first-order valence-corrected chi connectivity index (χ1v) is 11.9. The molecule has 0 N–H and O–H groups in total. The predicted molar refractivity (Wildman–Crippen MR) is 133 cm³/mol. The molecular weight excluding hydrogens is 467 g/mol. The summed E-state index contributed by atoms with van der Waals surface area (Å²) in [5, 5.41) is 20.1. The molecule has 0 aliphatic heterocycles. The van der Waals surface area contributed by atoms with E-state index < -0.39 is 5.25 Å². The van der Waals surface area contributed by atoms with Crippen molar-refractivity contribution in [3.8, 4) is 11.4 Å². The monoisotopic (exact) mass is 492 g/mol. The number of thioether (sulfide) groups is 1. The molecule has 0 bridgehead atoms. The molecule has 0 saturated carbocycles. The molecule has 0 fully saturated rings. The highest BCUT2D eigenvalue weighted by Crippen LogP contribution is 2.36. The van der Waals surface area contributed by atoms with Crippen LogP contribution in [0.15, 0.2) is 71.9 Å². The molecule has 0 amide bonds. The zero-order valence-corrected chi connectivity index (χ0v) is 20.5. The van der Waals surface area contributed by atoms with Crippen LogP contribution in [-0.4, -0.2) is 26.2 Å². The Morgan fingerprint density at radius 3 is 2.37 bits per heavy atom. The number of aromatic nitrogens is 3. The van der Waals surface area contributed by atoms with E-state index in [1.165, 1.54) is 29.5 Å². The van der Waals surface area contributed by atoms with Gasteiger partial charge < -0.3 is 4.74 Å². The third kappa shape index (κ3) is 6.05. The zero-order chi connectivity index (χ0) is 24.9. The van der Waals surface area contributed by atoms with Crippen molar-refractivity contribution < 1.29 is 14.1 Å². The average Bonchev–Trinajstić information content (AvgIpc) is 3.20. The van der Waals surface area contributed by atoms with Gasteiger partial charge in [0.15, 0.2) is 5.16 Å². The SMILES string of the molecule is Cc1ccc(-n2c(C)nnc2S[C@H](C[N+](=O)[O-])c2ccc(OCc3ccc(F)cc3)cc2)cc1C. The van der Waals surface area contributed by atoms with Gasteiger partial charge in [-0.05, 0) is 79.4 Å². The fraction of sp³-hybridized carbons (Fsp3) is 0.231. The summed E-state index contributed by atoms with van der Waals surface area (Å²) in [4.78, 5) is 11.1. The van der Waals surface area contributed by atoms with E-state index in [0.717, 1.165) is 22.4 Å².